The third-order valence-corrected chi connectivity index (χ3v) is 25.2. The van der Waals surface area contributed by atoms with Gasteiger partial charge in [0.25, 0.3) is 0 Å². The summed E-state index contributed by atoms with van der Waals surface area (Å²) in [5.74, 6) is 1.48. The van der Waals surface area contributed by atoms with Crippen LogP contribution in [0.4, 0.5) is 5.69 Å². The van der Waals surface area contributed by atoms with Gasteiger partial charge in [0.05, 0.1) is 70.5 Å². The van der Waals surface area contributed by atoms with Crippen LogP contribution in [0.1, 0.15) is 157 Å². The Morgan fingerprint density at radius 1 is 0.500 bits per heavy atom. The number of anilines is 1. The van der Waals surface area contributed by atoms with Crippen LogP contribution < -0.4 is 5.73 Å². The second-order valence-electron chi connectivity index (χ2n) is 25.4. The lowest BCUT2D eigenvalue weighted by atomic mass is 9.97. The molecular weight excluding hydrogens is 1260 g/mol. The highest BCUT2D eigenvalue weighted by Gasteiger charge is 2.43. The molecule has 8 atom stereocenters. The molecule has 0 saturated heterocycles. The van der Waals surface area contributed by atoms with Gasteiger partial charge in [0.15, 0.2) is 42.2 Å². The Balaban J connectivity index is 0.000000149. The molecule has 3 aromatic heterocycles. The number of phenols is 1. The molecule has 4 aliphatic rings. The number of thioether (sulfide) groups is 2. The summed E-state index contributed by atoms with van der Waals surface area (Å²) < 4.78 is 85.8. The van der Waals surface area contributed by atoms with Gasteiger partial charge in [-0.3, -0.25) is 0 Å². The number of methoxy groups -OCH3 is 3. The van der Waals surface area contributed by atoms with Crippen molar-refractivity contribution in [3.8, 4) is 5.75 Å². The first-order chi connectivity index (χ1) is 40.3. The van der Waals surface area contributed by atoms with Gasteiger partial charge in [0, 0.05) is 48.1 Å². The van der Waals surface area contributed by atoms with E-state index in [1.54, 1.807) is 49.9 Å². The molecule has 0 bridgehead atoms. The molecular formula is C62H80Cl4N4O12S4. The molecule has 16 nitrogen and oxygen atoms in total. The van der Waals surface area contributed by atoms with Gasteiger partial charge in [-0.25, -0.2) is 31.8 Å². The number of aromatic hydroxyl groups is 1. The molecule has 7 aromatic rings. The number of halogens is 4. The predicted molar refractivity (Wildman–Crippen MR) is 346 cm³/mol. The zero-order valence-electron chi connectivity index (χ0n) is 50.8. The van der Waals surface area contributed by atoms with Gasteiger partial charge in [-0.15, -0.1) is 23.5 Å². The standard InChI is InChI=1S/C17H22ClNO4S.C17H22ClNO2S.C16H20ClNO2S.C12H16ClNO4S/c1-17(2,3)16-19-11-9-8-10(18)15(14(11)23-16)24(20,21)13-7-5-6-12(13)22-4;1-17(2,3)16-19-11-9-8-10(18)15(14(11)21-16)22-13-7-5-6-12(13)20-4;1-16(2,3)15-18-10-8-7-9(17)14(13(10)20-15)21-12-6-4-5-11(12)19;1-18-9-3-2-4-10(9)19(16,17)12-7(13)5-6-8(14)11(12)15/h8-9,12-13H,5-7H2,1-4H3;8-9,12-13H,5-7H2,1-4H3;7-8,11-12,19H,4-6H2,1-3H3;5-6,9-10,15H,2-4,14H2,1H3/t2*12-,13-;11-,12-;9-,10-/m1111/s1. The second-order valence-corrected chi connectivity index (χ2v) is 33.7. The van der Waals surface area contributed by atoms with Gasteiger partial charge in [-0.2, -0.15) is 0 Å². The van der Waals surface area contributed by atoms with Gasteiger partial charge in [0.1, 0.15) is 26.3 Å². The Kier molecular flexibility index (Phi) is 21.9. The zero-order valence-corrected chi connectivity index (χ0v) is 57.1. The van der Waals surface area contributed by atoms with Crippen LogP contribution >= 0.6 is 69.9 Å². The van der Waals surface area contributed by atoms with Crippen LogP contribution in [0.5, 0.6) is 5.75 Å². The number of fused-ring (bicyclic) bond motifs is 3. The van der Waals surface area contributed by atoms with Crippen molar-refractivity contribution in [1.82, 2.24) is 15.0 Å². The Morgan fingerprint density at radius 3 is 1.30 bits per heavy atom. The number of aliphatic hydroxyl groups excluding tert-OH is 1. The molecule has 472 valence electrons. The first kappa shape index (κ1) is 68.4. The summed E-state index contributed by atoms with van der Waals surface area (Å²) in [6, 6.07) is 13.6. The zero-order chi connectivity index (χ0) is 63.0. The largest absolute Gasteiger partial charge is 0.504 e. The number of nitrogens with zero attached hydrogens (tertiary/aromatic N) is 3. The van der Waals surface area contributed by atoms with Crippen LogP contribution in [-0.4, -0.2) is 109 Å². The Hall–Kier alpha value is -3.51. The lowest BCUT2D eigenvalue weighted by molar-refractivity contribution is 0.111. The first-order valence-corrected chi connectivity index (χ1v) is 35.3. The number of sulfone groups is 2. The minimum absolute atomic E-state index is 0.00469. The van der Waals surface area contributed by atoms with E-state index in [0.29, 0.717) is 52.9 Å². The Bertz CT molecular complexity index is 3760. The van der Waals surface area contributed by atoms with Crippen LogP contribution in [0.15, 0.2) is 81.4 Å². The molecule has 0 spiro atoms. The average molecular weight is 1340 g/mol. The third-order valence-electron chi connectivity index (χ3n) is 15.8. The minimum Gasteiger partial charge on any atom is -0.504 e. The monoisotopic (exact) mass is 1340 g/mol. The normalized spacial score (nSPS) is 22.9. The second kappa shape index (κ2) is 27.5. The van der Waals surface area contributed by atoms with E-state index in [2.05, 4.69) is 56.5 Å². The molecule has 4 fully saturated rings. The third kappa shape index (κ3) is 14.9. The molecule has 0 amide bonds. The number of aliphatic hydroxyl groups is 1. The van der Waals surface area contributed by atoms with E-state index >= 15 is 0 Å². The summed E-state index contributed by atoms with van der Waals surface area (Å²) in [7, 11) is -2.63. The van der Waals surface area contributed by atoms with Gasteiger partial charge >= 0.3 is 0 Å². The van der Waals surface area contributed by atoms with Crippen molar-refractivity contribution in [1.29, 1.82) is 0 Å². The number of aromatic nitrogens is 3. The molecule has 86 heavy (non-hydrogen) atoms. The van der Waals surface area contributed by atoms with E-state index in [1.165, 1.54) is 25.7 Å². The van der Waals surface area contributed by atoms with Crippen molar-refractivity contribution in [3.05, 3.63) is 86.3 Å². The number of ether oxygens (including phenoxy) is 3. The SMILES string of the molecule is CC(C)(C)c1nc2ccc(Cl)c(S[C@@H]3CCC[C@H]3O)c2o1.CO[C@@H]1CCC[C@H]1S(=O)(=O)c1c(Cl)ccc(N)c1O.CO[C@@H]1CCC[C@H]1S(=O)(=O)c1c(Cl)ccc2nc(C(C)(C)C)oc12.CO[C@@H]1CCC[C@H]1Sc1c(Cl)ccc2nc(C(C)(C)C)oc12. The van der Waals surface area contributed by atoms with E-state index in [9.17, 15) is 27.0 Å². The lowest BCUT2D eigenvalue weighted by Crippen LogP contribution is -2.31. The molecule has 4 aromatic carbocycles. The van der Waals surface area contributed by atoms with Crippen LogP contribution in [0.3, 0.4) is 0 Å². The van der Waals surface area contributed by atoms with Crippen LogP contribution in [0.2, 0.25) is 20.1 Å². The number of phenolic OH excluding ortho intramolecular Hbond substituents is 1. The minimum atomic E-state index is -3.77. The molecule has 4 N–H and O–H groups in total. The number of benzene rings is 4. The number of hydrogen-bond acceptors (Lipinski definition) is 18. The fourth-order valence-corrected chi connectivity index (χ4v) is 19.7. The summed E-state index contributed by atoms with van der Waals surface area (Å²) in [6.07, 6.45) is 9.82. The van der Waals surface area contributed by atoms with Crippen LogP contribution in [0, 0.1) is 0 Å². The molecule has 24 heteroatoms. The fourth-order valence-electron chi connectivity index (χ4n) is 11.1. The summed E-state index contributed by atoms with van der Waals surface area (Å²) in [4.78, 5) is 15.3. The molecule has 4 aliphatic carbocycles. The van der Waals surface area contributed by atoms with Crippen LogP contribution in [-0.2, 0) is 50.1 Å². The summed E-state index contributed by atoms with van der Waals surface area (Å²) >= 11 is 28.4. The summed E-state index contributed by atoms with van der Waals surface area (Å²) in [5.41, 5.74) is 8.99. The van der Waals surface area contributed by atoms with E-state index < -0.39 is 35.9 Å². The maximum Gasteiger partial charge on any atom is 0.200 e. The van der Waals surface area contributed by atoms with Gasteiger partial charge in [-0.05, 0) is 126 Å². The Labute approximate surface area is 533 Å². The van der Waals surface area contributed by atoms with E-state index in [4.69, 9.17) is 79.6 Å². The highest BCUT2D eigenvalue weighted by molar-refractivity contribution is 8.00. The highest BCUT2D eigenvalue weighted by Crippen LogP contribution is 2.47. The number of rotatable bonds is 11. The first-order valence-electron chi connectivity index (χ1n) is 28.9. The Morgan fingerprint density at radius 2 is 0.860 bits per heavy atom. The van der Waals surface area contributed by atoms with Crippen molar-refractivity contribution in [2.75, 3.05) is 27.1 Å². The highest BCUT2D eigenvalue weighted by atomic mass is 35.5. The number of nitrogens with two attached hydrogens (primary N) is 1. The average Bonchev–Trinajstić information content (AvgIpc) is 1.82. The van der Waals surface area contributed by atoms with E-state index in [-0.39, 0.29) is 70.9 Å². The van der Waals surface area contributed by atoms with Crippen molar-refractivity contribution in [2.24, 2.45) is 0 Å². The lowest BCUT2D eigenvalue weighted by Gasteiger charge is -2.20. The molecule has 11 rings (SSSR count). The maximum absolute atomic E-state index is 13.2. The van der Waals surface area contributed by atoms with Crippen LogP contribution in [0.25, 0.3) is 33.3 Å². The molecule has 0 radical (unpaired) electrons. The predicted octanol–water partition coefficient (Wildman–Crippen LogP) is 16.3. The van der Waals surface area contributed by atoms with E-state index in [0.717, 1.165) is 94.3 Å². The number of oxazole rings is 3. The summed E-state index contributed by atoms with van der Waals surface area (Å²) in [5, 5.41) is 20.8. The summed E-state index contributed by atoms with van der Waals surface area (Å²) in [6.45, 7) is 18.4. The van der Waals surface area contributed by atoms with Gasteiger partial charge < -0.3 is 43.4 Å². The fraction of sp³-hybridized carbons (Fsp3) is 0.565. The van der Waals surface area contributed by atoms with Gasteiger partial charge in [0.2, 0.25) is 17.7 Å². The van der Waals surface area contributed by atoms with Gasteiger partial charge in [-0.1, -0.05) is 109 Å². The number of nitrogen functional groups attached to an aromatic ring is 1. The molecule has 0 aliphatic heterocycles. The molecule has 4 saturated carbocycles. The molecule has 3 heterocycles. The van der Waals surface area contributed by atoms with Crippen molar-refractivity contribution in [2.45, 2.75) is 221 Å². The van der Waals surface area contributed by atoms with Crippen molar-refractivity contribution in [3.63, 3.8) is 0 Å². The quantitative estimate of drug-likeness (QED) is 0.0805. The van der Waals surface area contributed by atoms with E-state index in [1.807, 2.05) is 45.0 Å². The van der Waals surface area contributed by atoms with Crippen molar-refractivity contribution < 1.29 is 54.5 Å². The smallest absolute Gasteiger partial charge is 0.200 e. The topological polar surface area (TPSA) is 241 Å². The van der Waals surface area contributed by atoms with Crippen molar-refractivity contribution >= 4 is 129 Å². The number of hydrogen-bond donors (Lipinski definition) is 3. The molecule has 0 unspecified atom stereocenters. The maximum atomic E-state index is 13.2.